The van der Waals surface area contributed by atoms with E-state index in [4.69, 9.17) is 10.5 Å². The average molecular weight is 352 g/mol. The Morgan fingerprint density at radius 1 is 1.17 bits per heavy atom. The predicted octanol–water partition coefficient (Wildman–Crippen LogP) is 1.62. The molecule has 23 heavy (non-hydrogen) atoms. The van der Waals surface area contributed by atoms with Crippen molar-refractivity contribution in [3.8, 4) is 0 Å². The van der Waals surface area contributed by atoms with Crippen molar-refractivity contribution >= 4 is 10.0 Å². The zero-order valence-corrected chi connectivity index (χ0v) is 13.3. The van der Waals surface area contributed by atoms with Gasteiger partial charge in [-0.05, 0) is 37.9 Å². The molecule has 1 aliphatic rings. The monoisotopic (exact) mass is 352 g/mol. The highest BCUT2D eigenvalue weighted by atomic mass is 32.2. The van der Waals surface area contributed by atoms with E-state index in [1.807, 2.05) is 0 Å². The Morgan fingerprint density at radius 2 is 1.74 bits per heavy atom. The summed E-state index contributed by atoms with van der Waals surface area (Å²) >= 11 is 0. The third kappa shape index (κ3) is 4.23. The van der Waals surface area contributed by atoms with E-state index in [1.54, 1.807) is 0 Å². The van der Waals surface area contributed by atoms with E-state index in [0.29, 0.717) is 38.1 Å². The van der Waals surface area contributed by atoms with E-state index in [0.717, 1.165) is 10.7 Å². The number of benzene rings is 1. The van der Waals surface area contributed by atoms with Gasteiger partial charge in [-0.2, -0.15) is 4.31 Å². The van der Waals surface area contributed by atoms with Crippen LogP contribution in [0.5, 0.6) is 0 Å². The first-order valence-corrected chi connectivity index (χ1v) is 8.76. The Labute approximate surface area is 133 Å². The predicted molar refractivity (Wildman–Crippen MR) is 77.7 cm³/mol. The number of nitrogens with zero attached hydrogens (tertiary/aromatic N) is 1. The lowest BCUT2D eigenvalue weighted by molar-refractivity contribution is 0.0209. The molecule has 130 valence electrons. The summed E-state index contributed by atoms with van der Waals surface area (Å²) < 4.78 is 70.9. The van der Waals surface area contributed by atoms with E-state index in [9.17, 15) is 21.6 Å². The fraction of sp³-hybridized carbons (Fsp3) is 0.571. The van der Waals surface area contributed by atoms with Gasteiger partial charge in [0.15, 0.2) is 17.5 Å². The number of nitrogens with two attached hydrogens (primary N) is 1. The minimum absolute atomic E-state index is 0.0605. The van der Waals surface area contributed by atoms with E-state index in [2.05, 4.69) is 0 Å². The number of piperidine rings is 1. The zero-order chi connectivity index (χ0) is 17.0. The van der Waals surface area contributed by atoms with Crippen LogP contribution in [0, 0.1) is 17.5 Å². The molecule has 0 saturated carbocycles. The van der Waals surface area contributed by atoms with Crippen molar-refractivity contribution < 1.29 is 26.3 Å². The topological polar surface area (TPSA) is 72.6 Å². The normalized spacial score (nSPS) is 17.6. The highest BCUT2D eigenvalue weighted by Crippen LogP contribution is 2.24. The van der Waals surface area contributed by atoms with Crippen molar-refractivity contribution in [3.05, 3.63) is 29.6 Å². The standard InChI is InChI=1S/C14H19F3N2O3S/c15-12-8-11(9-13(16)14(12)17)23(20,21)19-5-2-10(3-6-19)22-7-1-4-18/h8-10H,1-7,18H2. The smallest absolute Gasteiger partial charge is 0.243 e. The van der Waals surface area contributed by atoms with Crippen LogP contribution in [-0.4, -0.2) is 45.1 Å². The summed E-state index contributed by atoms with van der Waals surface area (Å²) in [6, 6.07) is 0.995. The van der Waals surface area contributed by atoms with E-state index in [-0.39, 0.29) is 19.2 Å². The molecule has 1 saturated heterocycles. The van der Waals surface area contributed by atoms with Crippen LogP contribution in [0.4, 0.5) is 13.2 Å². The van der Waals surface area contributed by atoms with E-state index >= 15 is 0 Å². The second-order valence-electron chi connectivity index (χ2n) is 5.32. The lowest BCUT2D eigenvalue weighted by atomic mass is 10.1. The van der Waals surface area contributed by atoms with E-state index in [1.165, 1.54) is 0 Å². The Bertz CT molecular complexity index is 624. The summed E-state index contributed by atoms with van der Waals surface area (Å²) in [5, 5.41) is 0. The molecular formula is C14H19F3N2O3S. The molecule has 0 bridgehead atoms. The van der Waals surface area contributed by atoms with E-state index < -0.39 is 32.4 Å². The van der Waals surface area contributed by atoms with Crippen LogP contribution in [0.15, 0.2) is 17.0 Å². The molecule has 0 spiro atoms. The van der Waals surface area contributed by atoms with Gasteiger partial charge in [0.05, 0.1) is 11.0 Å². The van der Waals surface area contributed by atoms with Crippen molar-refractivity contribution in [2.24, 2.45) is 5.73 Å². The third-order valence-electron chi connectivity index (χ3n) is 3.70. The molecule has 0 unspecified atom stereocenters. The Kier molecular flexibility index (Phi) is 6.01. The third-order valence-corrected chi connectivity index (χ3v) is 5.57. The molecule has 1 aromatic carbocycles. The van der Waals surface area contributed by atoms with Crippen LogP contribution in [0.1, 0.15) is 19.3 Å². The SMILES string of the molecule is NCCCOC1CCN(S(=O)(=O)c2cc(F)c(F)c(F)c2)CC1. The molecule has 5 nitrogen and oxygen atoms in total. The van der Waals surface area contributed by atoms with Crippen molar-refractivity contribution in [3.63, 3.8) is 0 Å². The number of hydrogen-bond donors (Lipinski definition) is 1. The first-order valence-electron chi connectivity index (χ1n) is 7.32. The van der Waals surface area contributed by atoms with Crippen molar-refractivity contribution in [1.82, 2.24) is 4.31 Å². The van der Waals surface area contributed by atoms with Gasteiger partial charge in [-0.15, -0.1) is 0 Å². The summed E-state index contributed by atoms with van der Waals surface area (Å²) in [5.41, 5.74) is 5.37. The van der Waals surface area contributed by atoms with Gasteiger partial charge in [0.25, 0.3) is 0 Å². The Morgan fingerprint density at radius 3 is 2.26 bits per heavy atom. The molecule has 1 heterocycles. The second kappa shape index (κ2) is 7.61. The van der Waals surface area contributed by atoms with Crippen LogP contribution >= 0.6 is 0 Å². The molecule has 1 fully saturated rings. The van der Waals surface area contributed by atoms with Crippen LogP contribution < -0.4 is 5.73 Å². The molecule has 2 N–H and O–H groups in total. The maximum absolute atomic E-state index is 13.2. The Balaban J connectivity index is 2.05. The van der Waals surface area contributed by atoms with Crippen LogP contribution in [0.25, 0.3) is 0 Å². The van der Waals surface area contributed by atoms with Crippen LogP contribution in [0.3, 0.4) is 0 Å². The van der Waals surface area contributed by atoms with Crippen molar-refractivity contribution in [1.29, 1.82) is 0 Å². The van der Waals surface area contributed by atoms with Gasteiger partial charge in [0, 0.05) is 19.7 Å². The molecule has 2 rings (SSSR count). The average Bonchev–Trinajstić information content (AvgIpc) is 2.53. The van der Waals surface area contributed by atoms with Gasteiger partial charge in [0.2, 0.25) is 10.0 Å². The molecule has 1 aliphatic heterocycles. The number of halogens is 3. The fourth-order valence-corrected chi connectivity index (χ4v) is 3.90. The van der Waals surface area contributed by atoms with Gasteiger partial charge >= 0.3 is 0 Å². The summed E-state index contributed by atoms with van der Waals surface area (Å²) in [4.78, 5) is -0.587. The minimum atomic E-state index is -4.06. The zero-order valence-electron chi connectivity index (χ0n) is 12.5. The maximum atomic E-state index is 13.2. The number of hydrogen-bond acceptors (Lipinski definition) is 4. The van der Waals surface area contributed by atoms with Crippen LogP contribution in [0.2, 0.25) is 0 Å². The van der Waals surface area contributed by atoms with Gasteiger partial charge in [-0.1, -0.05) is 0 Å². The molecule has 0 aliphatic carbocycles. The molecule has 0 atom stereocenters. The molecule has 9 heteroatoms. The molecular weight excluding hydrogens is 333 g/mol. The van der Waals surface area contributed by atoms with Gasteiger partial charge in [0.1, 0.15) is 0 Å². The largest absolute Gasteiger partial charge is 0.378 e. The minimum Gasteiger partial charge on any atom is -0.378 e. The van der Waals surface area contributed by atoms with Gasteiger partial charge < -0.3 is 10.5 Å². The number of rotatable bonds is 6. The fourth-order valence-electron chi connectivity index (χ4n) is 2.40. The highest BCUT2D eigenvalue weighted by Gasteiger charge is 2.31. The van der Waals surface area contributed by atoms with Crippen molar-refractivity contribution in [2.45, 2.75) is 30.3 Å². The first-order chi connectivity index (χ1) is 10.9. The number of sulfonamides is 1. The second-order valence-corrected chi connectivity index (χ2v) is 7.26. The molecule has 0 aromatic heterocycles. The summed E-state index contributed by atoms with van der Waals surface area (Å²) in [6.07, 6.45) is 1.63. The quantitative estimate of drug-likeness (QED) is 0.624. The van der Waals surface area contributed by atoms with Crippen molar-refractivity contribution in [2.75, 3.05) is 26.2 Å². The summed E-state index contributed by atoms with van der Waals surface area (Å²) in [5.74, 6) is -4.73. The summed E-state index contributed by atoms with van der Waals surface area (Å²) in [7, 11) is -4.06. The Hall–Kier alpha value is -1.16. The lowest BCUT2D eigenvalue weighted by Crippen LogP contribution is -2.41. The van der Waals surface area contributed by atoms with Gasteiger partial charge in [-0.3, -0.25) is 0 Å². The van der Waals surface area contributed by atoms with Gasteiger partial charge in [-0.25, -0.2) is 21.6 Å². The highest BCUT2D eigenvalue weighted by molar-refractivity contribution is 7.89. The van der Waals surface area contributed by atoms with Crippen LogP contribution in [-0.2, 0) is 14.8 Å². The molecule has 0 amide bonds. The summed E-state index contributed by atoms with van der Waals surface area (Å²) in [6.45, 7) is 1.39. The number of ether oxygens (including phenoxy) is 1. The first kappa shape index (κ1) is 18.2. The lowest BCUT2D eigenvalue weighted by Gasteiger charge is -2.31. The molecule has 0 radical (unpaired) electrons. The molecule has 1 aromatic rings. The maximum Gasteiger partial charge on any atom is 0.243 e.